The number of hydrogen-bond donors (Lipinski definition) is 1. The molecule has 168 valence electrons. The van der Waals surface area contributed by atoms with Gasteiger partial charge in [0, 0.05) is 5.92 Å². The van der Waals surface area contributed by atoms with E-state index in [1.807, 2.05) is 0 Å². The molecule has 1 aliphatic rings. The quantitative estimate of drug-likeness (QED) is 0.395. The fourth-order valence-electron chi connectivity index (χ4n) is 4.35. The van der Waals surface area contributed by atoms with Crippen molar-refractivity contribution in [3.8, 4) is 11.1 Å². The maximum absolute atomic E-state index is 14.1. The number of amides is 1. The number of carbonyl (C=O) groups is 1. The molecule has 0 spiro atoms. The van der Waals surface area contributed by atoms with Gasteiger partial charge in [0.2, 0.25) is 5.91 Å². The topological polar surface area (TPSA) is 29.1 Å². The number of halogens is 4. The minimum absolute atomic E-state index is 0.217. The third kappa shape index (κ3) is 4.88. The second-order valence-corrected chi connectivity index (χ2v) is 9.08. The molecular formula is C25H23F4NOS. The molecule has 1 aromatic heterocycles. The van der Waals surface area contributed by atoms with Gasteiger partial charge in [0.15, 0.2) is 0 Å². The number of alkyl halides is 3. The molecule has 0 bridgehead atoms. The average molecular weight is 462 g/mol. The molecule has 1 N–H and O–H groups in total. The molecule has 1 heterocycles. The first-order valence-electron chi connectivity index (χ1n) is 10.5. The molecule has 3 aromatic rings. The van der Waals surface area contributed by atoms with Crippen LogP contribution in [0.3, 0.4) is 0 Å². The van der Waals surface area contributed by atoms with Crippen LogP contribution >= 0.6 is 11.3 Å². The second kappa shape index (κ2) is 9.06. The lowest BCUT2D eigenvalue weighted by Gasteiger charge is -2.29. The molecule has 1 amide bonds. The van der Waals surface area contributed by atoms with Crippen LogP contribution in [0.15, 0.2) is 53.2 Å². The third-order valence-electron chi connectivity index (χ3n) is 6.15. The van der Waals surface area contributed by atoms with Gasteiger partial charge in [0.25, 0.3) is 0 Å². The summed E-state index contributed by atoms with van der Waals surface area (Å²) in [5.41, 5.74) is 3.50. The molecule has 1 fully saturated rings. The zero-order valence-electron chi connectivity index (χ0n) is 17.5. The Kier molecular flexibility index (Phi) is 6.38. The van der Waals surface area contributed by atoms with Crippen LogP contribution < -0.4 is 5.32 Å². The van der Waals surface area contributed by atoms with Crippen LogP contribution in [0.5, 0.6) is 0 Å². The van der Waals surface area contributed by atoms with Crippen LogP contribution in [0, 0.1) is 18.7 Å². The summed E-state index contributed by atoms with van der Waals surface area (Å²) >= 11 is 1.67. The molecule has 0 radical (unpaired) electrons. The summed E-state index contributed by atoms with van der Waals surface area (Å²) in [5, 5.41) is 6.73. The van der Waals surface area contributed by atoms with Gasteiger partial charge in [-0.3, -0.25) is 4.79 Å². The predicted molar refractivity (Wildman–Crippen MR) is 119 cm³/mol. The minimum atomic E-state index is -4.63. The molecule has 2 nitrogen and oxygen atoms in total. The number of hydrogen-bond acceptors (Lipinski definition) is 2. The number of aryl methyl sites for hydroxylation is 1. The average Bonchev–Trinajstić information content (AvgIpc) is 3.20. The van der Waals surface area contributed by atoms with Gasteiger partial charge in [-0.25, -0.2) is 4.39 Å². The van der Waals surface area contributed by atoms with Crippen molar-refractivity contribution in [2.75, 3.05) is 5.32 Å². The van der Waals surface area contributed by atoms with Gasteiger partial charge in [0.1, 0.15) is 5.82 Å². The second-order valence-electron chi connectivity index (χ2n) is 8.33. The summed E-state index contributed by atoms with van der Waals surface area (Å²) in [5.74, 6) is -1.53. The fraction of sp³-hybridized carbons (Fsp3) is 0.320. The first-order chi connectivity index (χ1) is 15.2. The van der Waals surface area contributed by atoms with Crippen LogP contribution in [0.25, 0.3) is 11.1 Å². The maximum atomic E-state index is 14.1. The van der Waals surface area contributed by atoms with E-state index in [2.05, 4.69) is 47.3 Å². The number of rotatable bonds is 4. The molecule has 1 aliphatic carbocycles. The first-order valence-corrected chi connectivity index (χ1v) is 11.5. The van der Waals surface area contributed by atoms with Crippen molar-refractivity contribution in [2.45, 2.75) is 44.7 Å². The van der Waals surface area contributed by atoms with Crippen molar-refractivity contribution < 1.29 is 22.4 Å². The van der Waals surface area contributed by atoms with Crippen molar-refractivity contribution >= 4 is 22.9 Å². The lowest BCUT2D eigenvalue weighted by Crippen LogP contribution is -2.28. The van der Waals surface area contributed by atoms with Gasteiger partial charge in [-0.1, -0.05) is 30.7 Å². The smallest absolute Gasteiger partial charge is 0.323 e. The number of benzene rings is 2. The highest BCUT2D eigenvalue weighted by atomic mass is 32.1. The normalized spacial score (nSPS) is 19.0. The molecule has 2 aromatic carbocycles. The monoisotopic (exact) mass is 461 g/mol. The Bertz CT molecular complexity index is 1100. The Morgan fingerprint density at radius 3 is 2.44 bits per heavy atom. The van der Waals surface area contributed by atoms with Crippen molar-refractivity contribution in [1.29, 1.82) is 0 Å². The SMILES string of the molecule is Cc1cscc1-c1ccc(C2CCCC(C(=O)Nc3ccc(C(F)(F)F)cc3F)C2)cc1. The predicted octanol–water partition coefficient (Wildman–Crippen LogP) is 7.79. The summed E-state index contributed by atoms with van der Waals surface area (Å²) < 4.78 is 52.3. The number of nitrogens with one attached hydrogen (secondary N) is 1. The Labute approximate surface area is 188 Å². The van der Waals surface area contributed by atoms with Crippen molar-refractivity contribution in [2.24, 2.45) is 5.92 Å². The van der Waals surface area contributed by atoms with E-state index in [4.69, 9.17) is 0 Å². The summed E-state index contributed by atoms with van der Waals surface area (Å²) in [6.45, 7) is 2.09. The molecular weight excluding hydrogens is 438 g/mol. The van der Waals surface area contributed by atoms with Gasteiger partial charge >= 0.3 is 6.18 Å². The van der Waals surface area contributed by atoms with Gasteiger partial charge < -0.3 is 5.32 Å². The Balaban J connectivity index is 1.43. The molecule has 4 rings (SSSR count). The summed E-state index contributed by atoms with van der Waals surface area (Å²) in [4.78, 5) is 12.7. The first kappa shape index (κ1) is 22.5. The summed E-state index contributed by atoms with van der Waals surface area (Å²) in [7, 11) is 0. The summed E-state index contributed by atoms with van der Waals surface area (Å²) in [6, 6.07) is 10.6. The van der Waals surface area contributed by atoms with Crippen LogP contribution in [-0.2, 0) is 11.0 Å². The van der Waals surface area contributed by atoms with Gasteiger partial charge in [-0.05, 0) is 83.3 Å². The van der Waals surface area contributed by atoms with Gasteiger partial charge in [0.05, 0.1) is 11.3 Å². The Morgan fingerprint density at radius 1 is 1.06 bits per heavy atom. The fourth-order valence-corrected chi connectivity index (χ4v) is 5.21. The Hall–Kier alpha value is -2.67. The highest BCUT2D eigenvalue weighted by Crippen LogP contribution is 2.38. The molecule has 1 saturated carbocycles. The van der Waals surface area contributed by atoms with Crippen LogP contribution in [0.1, 0.15) is 48.3 Å². The molecule has 2 atom stereocenters. The maximum Gasteiger partial charge on any atom is 0.416 e. The van der Waals surface area contributed by atoms with E-state index < -0.39 is 17.6 Å². The van der Waals surface area contributed by atoms with Crippen molar-refractivity contribution in [3.05, 3.63) is 75.7 Å². The van der Waals surface area contributed by atoms with Crippen molar-refractivity contribution in [3.63, 3.8) is 0 Å². The van der Waals surface area contributed by atoms with Gasteiger partial charge in [-0.2, -0.15) is 24.5 Å². The number of carbonyl (C=O) groups excluding carboxylic acids is 1. The number of anilines is 1. The van der Waals surface area contributed by atoms with Crippen LogP contribution in [-0.4, -0.2) is 5.91 Å². The highest BCUT2D eigenvalue weighted by molar-refractivity contribution is 7.08. The number of thiophene rings is 1. The summed E-state index contributed by atoms with van der Waals surface area (Å²) in [6.07, 6.45) is -1.49. The van der Waals surface area contributed by atoms with E-state index in [1.165, 1.54) is 16.7 Å². The molecule has 2 unspecified atom stereocenters. The van der Waals surface area contributed by atoms with E-state index in [-0.39, 0.29) is 23.4 Å². The highest BCUT2D eigenvalue weighted by Gasteiger charge is 2.32. The molecule has 0 aliphatic heterocycles. The standard InChI is InChI=1S/C25H23F4NOS/c1-15-13-32-14-21(15)17-7-5-16(6-8-17)18-3-2-4-19(11-18)24(31)30-23-10-9-20(12-22(23)26)25(27,28)29/h5-10,12-14,18-19H,2-4,11H2,1H3,(H,30,31). The molecule has 32 heavy (non-hydrogen) atoms. The lowest BCUT2D eigenvalue weighted by atomic mass is 9.77. The van der Waals surface area contributed by atoms with E-state index >= 15 is 0 Å². The Morgan fingerprint density at radius 2 is 1.81 bits per heavy atom. The van der Waals surface area contributed by atoms with Gasteiger partial charge in [-0.15, -0.1) is 0 Å². The van der Waals surface area contributed by atoms with Crippen LogP contribution in [0.4, 0.5) is 23.2 Å². The van der Waals surface area contributed by atoms with Crippen molar-refractivity contribution in [1.82, 2.24) is 0 Å². The van der Waals surface area contributed by atoms with E-state index in [9.17, 15) is 22.4 Å². The van der Waals surface area contributed by atoms with E-state index in [0.29, 0.717) is 18.9 Å². The molecule has 7 heteroatoms. The minimum Gasteiger partial charge on any atom is -0.323 e. The zero-order valence-corrected chi connectivity index (χ0v) is 18.3. The lowest BCUT2D eigenvalue weighted by molar-refractivity contribution is -0.137. The van der Waals surface area contributed by atoms with E-state index in [0.717, 1.165) is 30.5 Å². The zero-order chi connectivity index (χ0) is 22.9. The third-order valence-corrected chi connectivity index (χ3v) is 7.01. The van der Waals surface area contributed by atoms with Crippen LogP contribution in [0.2, 0.25) is 0 Å². The largest absolute Gasteiger partial charge is 0.416 e. The van der Waals surface area contributed by atoms with E-state index in [1.54, 1.807) is 11.3 Å². The molecule has 0 saturated heterocycles.